The van der Waals surface area contributed by atoms with Gasteiger partial charge < -0.3 is 0 Å². The Morgan fingerprint density at radius 1 is 1.33 bits per heavy atom. The lowest BCUT2D eigenvalue weighted by molar-refractivity contribution is 1.53. The van der Waals surface area contributed by atoms with Crippen LogP contribution >= 0.6 is 11.8 Å². The molecule has 31 valence electrons. The summed E-state index contributed by atoms with van der Waals surface area (Å²) in [6, 6.07) is 0. The molecule has 0 atom stereocenters. The van der Waals surface area contributed by atoms with Crippen LogP contribution in [0.2, 0.25) is 0 Å². The lowest BCUT2D eigenvalue weighted by Crippen LogP contribution is -1.73. The zero-order chi connectivity index (χ0) is 4.24. The predicted molar refractivity (Wildman–Crippen MR) is 28.9 cm³/mol. The molecule has 1 radical (unpaired) electrons. The van der Waals surface area contributed by atoms with Gasteiger partial charge in [0.25, 0.3) is 0 Å². The topological polar surface area (TPSA) is 24.7 Å². The van der Waals surface area contributed by atoms with Gasteiger partial charge >= 0.3 is 0 Å². The first-order chi connectivity index (χ1) is 3.00. The molecule has 1 heterocycles. The Labute approximate surface area is 40.4 Å². The van der Waals surface area contributed by atoms with Crippen molar-refractivity contribution < 1.29 is 0 Å². The largest absolute Gasteiger partial charge is 0.256 e. The lowest BCUT2D eigenvalue weighted by Gasteiger charge is -1.86. The van der Waals surface area contributed by atoms with Gasteiger partial charge in [-0.1, -0.05) is 11.8 Å². The van der Waals surface area contributed by atoms with Crippen molar-refractivity contribution in [3.63, 3.8) is 0 Å². The van der Waals surface area contributed by atoms with E-state index >= 15 is 0 Å². The van der Waals surface area contributed by atoms with Gasteiger partial charge in [0.2, 0.25) is 0 Å². The summed E-state index contributed by atoms with van der Waals surface area (Å²) in [7, 11) is 0. The van der Waals surface area contributed by atoms with E-state index in [0.29, 0.717) is 0 Å². The van der Waals surface area contributed by atoms with Gasteiger partial charge in [0, 0.05) is 0 Å². The molecule has 1 aliphatic rings. The van der Waals surface area contributed by atoms with Crippen molar-refractivity contribution >= 4 is 23.6 Å². The third-order valence-electron chi connectivity index (χ3n) is 0.377. The highest BCUT2D eigenvalue weighted by Gasteiger charge is 1.80. The fourth-order valence-corrected chi connectivity index (χ4v) is 0.494. The lowest BCUT2D eigenvalue weighted by atomic mass is 11.2. The maximum Gasteiger partial charge on any atom is 0.134 e. The second kappa shape index (κ2) is 1.97. The Bertz CT molecular complexity index is 74.8. The SMILES string of the molecule is [CH]1N=CN=CS1. The average molecular weight is 99.1 g/mol. The van der Waals surface area contributed by atoms with Gasteiger partial charge in [0.1, 0.15) is 12.2 Å². The molecule has 2 nitrogen and oxygen atoms in total. The summed E-state index contributed by atoms with van der Waals surface area (Å²) < 4.78 is 0. The Balaban J connectivity index is 2.46. The van der Waals surface area contributed by atoms with Crippen LogP contribution < -0.4 is 0 Å². The maximum absolute atomic E-state index is 3.69. The minimum Gasteiger partial charge on any atom is -0.256 e. The van der Waals surface area contributed by atoms with Gasteiger partial charge in [-0.3, -0.25) is 4.99 Å². The Morgan fingerprint density at radius 3 is 2.50 bits per heavy atom. The molecule has 0 spiro atoms. The van der Waals surface area contributed by atoms with Crippen molar-refractivity contribution in [2.45, 2.75) is 0 Å². The molecule has 3 heteroatoms. The maximum atomic E-state index is 3.69. The summed E-state index contributed by atoms with van der Waals surface area (Å²) in [6.07, 6.45) is 1.51. The van der Waals surface area contributed by atoms with Crippen LogP contribution in [0.3, 0.4) is 0 Å². The monoisotopic (exact) mass is 99.0 g/mol. The summed E-state index contributed by atoms with van der Waals surface area (Å²) in [6.45, 7) is 0. The fourth-order valence-electron chi connectivity index (χ4n) is 0.190. The van der Waals surface area contributed by atoms with E-state index in [4.69, 9.17) is 0 Å². The second-order valence-electron chi connectivity index (χ2n) is 0.761. The quantitative estimate of drug-likeness (QED) is 0.443. The third-order valence-corrected chi connectivity index (χ3v) is 0.864. The van der Waals surface area contributed by atoms with Crippen LogP contribution in [0, 0.1) is 5.88 Å². The van der Waals surface area contributed by atoms with Crippen LogP contribution in [-0.2, 0) is 0 Å². The normalized spacial score (nSPS) is 18.7. The van der Waals surface area contributed by atoms with E-state index in [0.717, 1.165) is 0 Å². The highest BCUT2D eigenvalue weighted by Crippen LogP contribution is 2.02. The molecule has 0 bridgehead atoms. The second-order valence-corrected chi connectivity index (χ2v) is 1.45. The van der Waals surface area contributed by atoms with Crippen LogP contribution in [0.15, 0.2) is 9.98 Å². The number of nitrogens with zero attached hydrogens (tertiary/aromatic N) is 2. The minimum atomic E-state index is 1.48. The van der Waals surface area contributed by atoms with E-state index in [1.54, 1.807) is 11.4 Å². The molecule has 0 aromatic rings. The molecule has 0 saturated heterocycles. The van der Waals surface area contributed by atoms with E-state index in [-0.39, 0.29) is 0 Å². The van der Waals surface area contributed by atoms with E-state index in [9.17, 15) is 0 Å². The van der Waals surface area contributed by atoms with Crippen LogP contribution in [0.4, 0.5) is 0 Å². The van der Waals surface area contributed by atoms with Crippen molar-refractivity contribution in [3.8, 4) is 0 Å². The molecule has 0 amide bonds. The molecule has 0 fully saturated rings. The summed E-state index contributed by atoms with van der Waals surface area (Å²) in [5, 5.41) is 0. The van der Waals surface area contributed by atoms with E-state index in [2.05, 4.69) is 9.98 Å². The van der Waals surface area contributed by atoms with Crippen LogP contribution in [0.5, 0.6) is 0 Å². The molecule has 0 unspecified atom stereocenters. The van der Waals surface area contributed by atoms with Crippen molar-refractivity contribution in [2.24, 2.45) is 9.98 Å². The van der Waals surface area contributed by atoms with Crippen LogP contribution in [0.1, 0.15) is 0 Å². The summed E-state index contributed by atoms with van der Waals surface area (Å²) in [5.74, 6) is 1.73. The van der Waals surface area contributed by atoms with Gasteiger partial charge in [0.15, 0.2) is 0 Å². The van der Waals surface area contributed by atoms with Crippen molar-refractivity contribution in [1.82, 2.24) is 0 Å². The standard InChI is InChI=1S/C3H3N2S/c1-4-2-6-3-5-1/h1-3H. The Hall–Kier alpha value is -0.310. The van der Waals surface area contributed by atoms with E-state index < -0.39 is 0 Å². The van der Waals surface area contributed by atoms with Gasteiger partial charge in [-0.25, -0.2) is 4.99 Å². The molecule has 0 aliphatic carbocycles. The number of aliphatic imine (C=N–C) groups is 2. The van der Waals surface area contributed by atoms with E-state index in [1.165, 1.54) is 18.1 Å². The van der Waals surface area contributed by atoms with Crippen molar-refractivity contribution in [2.75, 3.05) is 0 Å². The van der Waals surface area contributed by atoms with Crippen LogP contribution in [0.25, 0.3) is 0 Å². The smallest absolute Gasteiger partial charge is 0.134 e. The van der Waals surface area contributed by atoms with Gasteiger partial charge in [0.05, 0.1) is 5.55 Å². The van der Waals surface area contributed by atoms with E-state index in [1.807, 2.05) is 0 Å². The summed E-state index contributed by atoms with van der Waals surface area (Å²) in [4.78, 5) is 7.38. The Kier molecular flexibility index (Phi) is 1.27. The molecule has 0 aromatic heterocycles. The molecule has 0 saturated carbocycles. The van der Waals surface area contributed by atoms with Crippen molar-refractivity contribution in [3.05, 3.63) is 5.88 Å². The van der Waals surface area contributed by atoms with Gasteiger partial charge in [-0.05, 0) is 0 Å². The number of thioether (sulfide) groups is 1. The predicted octanol–water partition coefficient (Wildman–Crippen LogP) is 0.909. The fraction of sp³-hybridized carbons (Fsp3) is 0. The zero-order valence-corrected chi connectivity index (χ0v) is 3.85. The number of hydrogen-bond acceptors (Lipinski definition) is 3. The first-order valence-corrected chi connectivity index (χ1v) is 2.45. The molecule has 0 N–H and O–H groups in total. The van der Waals surface area contributed by atoms with Crippen LogP contribution in [-0.4, -0.2) is 11.9 Å². The minimum absolute atomic E-state index is 1.48. The number of rotatable bonds is 0. The van der Waals surface area contributed by atoms with Crippen molar-refractivity contribution in [1.29, 1.82) is 0 Å². The molecular weight excluding hydrogens is 96.1 g/mol. The molecular formula is C3H3N2S. The summed E-state index contributed by atoms with van der Waals surface area (Å²) >= 11 is 1.48. The number of hydrogen-bond donors (Lipinski definition) is 0. The molecule has 1 aliphatic heterocycles. The molecule has 6 heavy (non-hydrogen) atoms. The Morgan fingerprint density at radius 2 is 2.33 bits per heavy atom. The molecule has 0 aromatic carbocycles. The van der Waals surface area contributed by atoms with Gasteiger partial charge in [-0.2, -0.15) is 0 Å². The molecule has 1 rings (SSSR count). The highest BCUT2D eigenvalue weighted by atomic mass is 32.2. The first-order valence-electron chi connectivity index (χ1n) is 1.50. The highest BCUT2D eigenvalue weighted by molar-refractivity contribution is 8.13. The average Bonchev–Trinajstić information content (AvgIpc) is 1.72. The first kappa shape index (κ1) is 3.87. The zero-order valence-electron chi connectivity index (χ0n) is 3.03. The van der Waals surface area contributed by atoms with Gasteiger partial charge in [-0.15, -0.1) is 0 Å². The third kappa shape index (κ3) is 0.825. The summed E-state index contributed by atoms with van der Waals surface area (Å²) in [5.41, 5.74) is 1.73.